The van der Waals surface area contributed by atoms with Crippen LogP contribution in [0, 0.1) is 6.92 Å². The number of nitrogens with one attached hydrogen (secondary N) is 2. The number of aryl methyl sites for hydroxylation is 1. The van der Waals surface area contributed by atoms with E-state index < -0.39 is 6.04 Å². The molecule has 3 rings (SSSR count). The fourth-order valence-electron chi connectivity index (χ4n) is 3.19. The van der Waals surface area contributed by atoms with Crippen molar-refractivity contribution in [1.82, 2.24) is 25.2 Å². The Morgan fingerprint density at radius 1 is 1.46 bits per heavy atom. The van der Waals surface area contributed by atoms with Gasteiger partial charge in [-0.05, 0) is 26.7 Å². The lowest BCUT2D eigenvalue weighted by Crippen LogP contribution is -2.32. The summed E-state index contributed by atoms with van der Waals surface area (Å²) in [6, 6.07) is 1.52. The van der Waals surface area contributed by atoms with Crippen molar-refractivity contribution in [1.29, 1.82) is 0 Å². The smallest absolute Gasteiger partial charge is 0.321 e. The molecule has 1 atom stereocenters. The van der Waals surface area contributed by atoms with Crippen molar-refractivity contribution >= 4 is 11.8 Å². The first-order chi connectivity index (χ1) is 12.6. The molecular formula is C17H26N6O3. The summed E-state index contributed by atoms with van der Waals surface area (Å²) >= 11 is 0. The molecule has 1 aliphatic rings. The number of aromatic nitrogens is 4. The van der Waals surface area contributed by atoms with Crippen molar-refractivity contribution < 1.29 is 14.1 Å². The summed E-state index contributed by atoms with van der Waals surface area (Å²) in [5.74, 6) is 1.64. The number of hydrogen-bond acceptors (Lipinski definition) is 6. The number of ether oxygens (including phenoxy) is 1. The molecule has 1 fully saturated rings. The van der Waals surface area contributed by atoms with Crippen molar-refractivity contribution in [2.45, 2.75) is 58.0 Å². The molecule has 2 aromatic heterocycles. The largest absolute Gasteiger partial charge is 0.384 e. The number of anilines is 1. The van der Waals surface area contributed by atoms with Gasteiger partial charge in [-0.3, -0.25) is 5.32 Å². The molecule has 2 amide bonds. The summed E-state index contributed by atoms with van der Waals surface area (Å²) in [5, 5.41) is 14.1. The van der Waals surface area contributed by atoms with E-state index in [1.54, 1.807) is 14.0 Å². The summed E-state index contributed by atoms with van der Waals surface area (Å²) in [4.78, 5) is 16.7. The average molecular weight is 362 g/mol. The van der Waals surface area contributed by atoms with Crippen LogP contribution in [0.5, 0.6) is 0 Å². The molecule has 0 radical (unpaired) electrons. The Balaban J connectivity index is 1.59. The van der Waals surface area contributed by atoms with Gasteiger partial charge in [-0.1, -0.05) is 18.0 Å². The first-order valence-electron chi connectivity index (χ1n) is 9.02. The van der Waals surface area contributed by atoms with Gasteiger partial charge in [-0.2, -0.15) is 10.1 Å². The standard InChI is InChI=1S/C17H26N6O3/c1-11-10-15(23(21-11)13-6-4-5-7-13)20-17(24)18-12(2)16-19-14(22-26-16)8-9-25-3/h10,12-13H,4-9H2,1-3H3,(H2,18,20,24)/t12-/m1/s1. The van der Waals surface area contributed by atoms with Gasteiger partial charge in [0.05, 0.1) is 18.3 Å². The fraction of sp³-hybridized carbons (Fsp3) is 0.647. The molecule has 1 aliphatic carbocycles. The molecule has 9 nitrogen and oxygen atoms in total. The maximum Gasteiger partial charge on any atom is 0.321 e. The highest BCUT2D eigenvalue weighted by Crippen LogP contribution is 2.31. The van der Waals surface area contributed by atoms with Gasteiger partial charge in [-0.25, -0.2) is 9.48 Å². The minimum Gasteiger partial charge on any atom is -0.384 e. The lowest BCUT2D eigenvalue weighted by Gasteiger charge is -2.16. The first kappa shape index (κ1) is 18.4. The second-order valence-electron chi connectivity index (χ2n) is 6.67. The quantitative estimate of drug-likeness (QED) is 0.784. The number of methoxy groups -OCH3 is 1. The highest BCUT2D eigenvalue weighted by Gasteiger charge is 2.22. The van der Waals surface area contributed by atoms with Crippen LogP contribution in [0.1, 0.15) is 62.1 Å². The number of carbonyl (C=O) groups excluding carboxylic acids is 1. The van der Waals surface area contributed by atoms with Crippen LogP contribution >= 0.6 is 0 Å². The lowest BCUT2D eigenvalue weighted by molar-refractivity contribution is 0.199. The molecule has 2 heterocycles. The SMILES string of the molecule is COCCc1noc([C@@H](C)NC(=O)Nc2cc(C)nn2C2CCCC2)n1. The van der Waals surface area contributed by atoms with E-state index >= 15 is 0 Å². The molecule has 142 valence electrons. The van der Waals surface area contributed by atoms with Gasteiger partial charge in [0, 0.05) is 19.6 Å². The first-order valence-corrected chi connectivity index (χ1v) is 9.02. The summed E-state index contributed by atoms with van der Waals surface area (Å²) in [5.41, 5.74) is 0.889. The molecule has 9 heteroatoms. The number of hydrogen-bond donors (Lipinski definition) is 2. The van der Waals surface area contributed by atoms with Crippen LogP contribution in [0.15, 0.2) is 10.6 Å². The summed E-state index contributed by atoms with van der Waals surface area (Å²) in [7, 11) is 1.62. The van der Waals surface area contributed by atoms with E-state index in [0.29, 0.717) is 36.6 Å². The van der Waals surface area contributed by atoms with Gasteiger partial charge in [0.15, 0.2) is 5.82 Å². The molecule has 0 bridgehead atoms. The van der Waals surface area contributed by atoms with Crippen molar-refractivity contribution in [3.63, 3.8) is 0 Å². The van der Waals surface area contributed by atoms with Crippen molar-refractivity contribution in [3.8, 4) is 0 Å². The topological polar surface area (TPSA) is 107 Å². The predicted octanol–water partition coefficient (Wildman–Crippen LogP) is 2.76. The second kappa shape index (κ2) is 8.31. The van der Waals surface area contributed by atoms with Gasteiger partial charge < -0.3 is 14.6 Å². The van der Waals surface area contributed by atoms with Crippen LogP contribution in [-0.4, -0.2) is 39.7 Å². The van der Waals surface area contributed by atoms with Crippen LogP contribution in [-0.2, 0) is 11.2 Å². The maximum atomic E-state index is 12.4. The summed E-state index contributed by atoms with van der Waals surface area (Å²) in [6.07, 6.45) is 5.17. The molecule has 2 N–H and O–H groups in total. The Morgan fingerprint density at radius 3 is 2.96 bits per heavy atom. The number of nitrogens with zero attached hydrogens (tertiary/aromatic N) is 4. The van der Waals surface area contributed by atoms with Crippen molar-refractivity contribution in [2.75, 3.05) is 19.0 Å². The fourth-order valence-corrected chi connectivity index (χ4v) is 3.19. The molecule has 1 saturated carbocycles. The monoisotopic (exact) mass is 362 g/mol. The van der Waals surface area contributed by atoms with Crippen LogP contribution in [0.4, 0.5) is 10.6 Å². The van der Waals surface area contributed by atoms with E-state index in [1.807, 2.05) is 17.7 Å². The third-order valence-corrected chi connectivity index (χ3v) is 4.50. The summed E-state index contributed by atoms with van der Waals surface area (Å²) in [6.45, 7) is 4.25. The Labute approximate surface area is 152 Å². The zero-order valence-corrected chi connectivity index (χ0v) is 15.5. The van der Waals surface area contributed by atoms with Crippen molar-refractivity contribution in [3.05, 3.63) is 23.5 Å². The predicted molar refractivity (Wildman–Crippen MR) is 94.9 cm³/mol. The molecule has 0 unspecified atom stereocenters. The van der Waals surface area contributed by atoms with Gasteiger partial charge >= 0.3 is 6.03 Å². The van der Waals surface area contributed by atoms with E-state index in [9.17, 15) is 4.79 Å². The van der Waals surface area contributed by atoms with E-state index in [2.05, 4.69) is 25.9 Å². The molecular weight excluding hydrogens is 336 g/mol. The molecule has 0 saturated heterocycles. The van der Waals surface area contributed by atoms with Gasteiger partial charge in [0.1, 0.15) is 11.9 Å². The molecule has 2 aromatic rings. The third kappa shape index (κ3) is 4.40. The van der Waals surface area contributed by atoms with Crippen LogP contribution in [0.2, 0.25) is 0 Å². The van der Waals surface area contributed by atoms with E-state index in [4.69, 9.17) is 9.26 Å². The zero-order chi connectivity index (χ0) is 18.5. The van der Waals surface area contributed by atoms with Crippen molar-refractivity contribution in [2.24, 2.45) is 0 Å². The Bertz CT molecular complexity index is 735. The highest BCUT2D eigenvalue weighted by molar-refractivity contribution is 5.88. The summed E-state index contributed by atoms with van der Waals surface area (Å²) < 4.78 is 12.1. The number of amides is 2. The lowest BCUT2D eigenvalue weighted by atomic mass is 10.2. The molecule has 26 heavy (non-hydrogen) atoms. The van der Waals surface area contributed by atoms with Gasteiger partial charge in [0.25, 0.3) is 0 Å². The zero-order valence-electron chi connectivity index (χ0n) is 15.5. The van der Waals surface area contributed by atoms with E-state index in [-0.39, 0.29) is 6.03 Å². The Hall–Kier alpha value is -2.42. The number of urea groups is 1. The Kier molecular flexibility index (Phi) is 5.87. The van der Waals surface area contributed by atoms with Crippen LogP contribution in [0.25, 0.3) is 0 Å². The molecule has 0 aromatic carbocycles. The minimum atomic E-state index is -0.400. The average Bonchev–Trinajstić information content (AvgIpc) is 3.33. The maximum absolute atomic E-state index is 12.4. The van der Waals surface area contributed by atoms with E-state index in [0.717, 1.165) is 18.5 Å². The van der Waals surface area contributed by atoms with Gasteiger partial charge in [-0.15, -0.1) is 0 Å². The third-order valence-electron chi connectivity index (χ3n) is 4.50. The van der Waals surface area contributed by atoms with E-state index in [1.165, 1.54) is 12.8 Å². The normalized spacial score (nSPS) is 16.0. The second-order valence-corrected chi connectivity index (χ2v) is 6.67. The van der Waals surface area contributed by atoms with Gasteiger partial charge in [0.2, 0.25) is 5.89 Å². The van der Waals surface area contributed by atoms with Crippen LogP contribution < -0.4 is 10.6 Å². The molecule has 0 spiro atoms. The Morgan fingerprint density at radius 2 is 2.23 bits per heavy atom. The van der Waals surface area contributed by atoms with Crippen LogP contribution in [0.3, 0.4) is 0 Å². The number of carbonyl (C=O) groups is 1. The molecule has 0 aliphatic heterocycles. The number of rotatable bonds is 7. The minimum absolute atomic E-state index is 0.326. The highest BCUT2D eigenvalue weighted by atomic mass is 16.5.